The van der Waals surface area contributed by atoms with Gasteiger partial charge in [-0.3, -0.25) is 4.79 Å². The van der Waals surface area contributed by atoms with Crippen molar-refractivity contribution in [1.29, 1.82) is 0 Å². The van der Waals surface area contributed by atoms with Crippen LogP contribution in [0.2, 0.25) is 0 Å². The zero-order valence-corrected chi connectivity index (χ0v) is 23.0. The molecule has 1 N–H and O–H groups in total. The second-order valence-electron chi connectivity index (χ2n) is 9.01. The average molecular weight is 550 g/mol. The lowest BCUT2D eigenvalue weighted by molar-refractivity contribution is 0.0978. The van der Waals surface area contributed by atoms with Crippen molar-refractivity contribution in [2.45, 2.75) is 39.6 Å². The van der Waals surface area contributed by atoms with E-state index in [-0.39, 0.29) is 27.7 Å². The van der Waals surface area contributed by atoms with E-state index in [0.29, 0.717) is 23.8 Å². The first-order valence-electron chi connectivity index (χ1n) is 12.2. The molecule has 2 aromatic carbocycles. The number of aromatic nitrogens is 2. The third-order valence-electron chi connectivity index (χ3n) is 5.80. The molecule has 10 heteroatoms. The average Bonchev–Trinajstić information content (AvgIpc) is 2.86. The molecule has 2 aromatic heterocycles. The normalized spacial score (nSPS) is 11.2. The van der Waals surface area contributed by atoms with Gasteiger partial charge in [0.05, 0.1) is 12.3 Å². The minimum Gasteiger partial charge on any atom is -0.494 e. The number of nitrogens with zero attached hydrogens (tertiary/aromatic N) is 2. The summed E-state index contributed by atoms with van der Waals surface area (Å²) in [6, 6.07) is 15.4. The number of sulfonamides is 1. The summed E-state index contributed by atoms with van der Waals surface area (Å²) in [5.74, 6) is -0.906. The number of aryl methyl sites for hydroxylation is 4. The molecule has 0 saturated heterocycles. The fourth-order valence-corrected chi connectivity index (χ4v) is 5.10. The molecule has 0 atom stereocenters. The molecule has 8 nitrogen and oxygen atoms in total. The van der Waals surface area contributed by atoms with Gasteiger partial charge in [-0.25, -0.2) is 19.1 Å². The first-order valence-corrected chi connectivity index (χ1v) is 13.7. The van der Waals surface area contributed by atoms with E-state index in [1.165, 1.54) is 36.4 Å². The van der Waals surface area contributed by atoms with Gasteiger partial charge in [0.2, 0.25) is 5.88 Å². The smallest absolute Gasteiger partial charge is 0.281 e. The Bertz CT molecular complexity index is 1650. The van der Waals surface area contributed by atoms with Crippen molar-refractivity contribution >= 4 is 15.9 Å². The van der Waals surface area contributed by atoms with Gasteiger partial charge in [-0.15, -0.1) is 0 Å². The SMILES string of the molecule is CCOc1ccc(-c2ccc(C(=O)NS(=O)(=O)c3cccc(C)n3)c(Oc3c(C)cc(C)cc3C)n2)c(F)c1. The lowest BCUT2D eigenvalue weighted by atomic mass is 10.1. The fourth-order valence-electron chi connectivity index (χ4n) is 4.12. The number of amides is 1. The Morgan fingerprint density at radius 2 is 1.67 bits per heavy atom. The zero-order chi connectivity index (χ0) is 28.3. The third-order valence-corrected chi connectivity index (χ3v) is 7.03. The summed E-state index contributed by atoms with van der Waals surface area (Å²) in [6.45, 7) is 9.46. The number of carbonyl (C=O) groups is 1. The molecule has 0 unspecified atom stereocenters. The molecule has 4 rings (SSSR count). The van der Waals surface area contributed by atoms with Crippen LogP contribution in [0.1, 0.15) is 39.7 Å². The molecule has 4 aromatic rings. The summed E-state index contributed by atoms with van der Waals surface area (Å²) in [4.78, 5) is 21.7. The summed E-state index contributed by atoms with van der Waals surface area (Å²) in [6.07, 6.45) is 0. The van der Waals surface area contributed by atoms with E-state index in [2.05, 4.69) is 9.97 Å². The van der Waals surface area contributed by atoms with Crippen molar-refractivity contribution in [3.8, 4) is 28.6 Å². The molecule has 0 aliphatic carbocycles. The van der Waals surface area contributed by atoms with Crippen molar-refractivity contribution in [2.75, 3.05) is 6.61 Å². The Kier molecular flexibility index (Phi) is 7.96. The van der Waals surface area contributed by atoms with Crippen LogP contribution >= 0.6 is 0 Å². The van der Waals surface area contributed by atoms with Gasteiger partial charge < -0.3 is 9.47 Å². The number of benzene rings is 2. The number of carbonyl (C=O) groups excluding carboxylic acids is 1. The molecule has 0 aliphatic heterocycles. The van der Waals surface area contributed by atoms with Gasteiger partial charge >= 0.3 is 0 Å². The van der Waals surface area contributed by atoms with Gasteiger partial charge in [-0.1, -0.05) is 23.8 Å². The monoisotopic (exact) mass is 549 g/mol. The maximum absolute atomic E-state index is 15.0. The standard InChI is InChI=1S/C29H28FN3O5S/c1-6-37-21-10-11-22(24(30)16-21)25-13-12-23(28(34)33-39(35,36)26-9-7-8-20(5)31-26)29(32-25)38-27-18(3)14-17(2)15-19(27)4/h7-16H,6H2,1-5H3,(H,33,34). The quantitative estimate of drug-likeness (QED) is 0.295. The van der Waals surface area contributed by atoms with Gasteiger partial charge in [-0.05, 0) is 82.1 Å². The van der Waals surface area contributed by atoms with Gasteiger partial charge in [0, 0.05) is 17.3 Å². The lowest BCUT2D eigenvalue weighted by Crippen LogP contribution is -2.31. The molecule has 0 fully saturated rings. The van der Waals surface area contributed by atoms with Crippen molar-refractivity contribution in [3.05, 3.63) is 94.4 Å². The van der Waals surface area contributed by atoms with Crippen LogP contribution in [0.4, 0.5) is 4.39 Å². The van der Waals surface area contributed by atoms with Crippen LogP contribution in [0.3, 0.4) is 0 Å². The summed E-state index contributed by atoms with van der Waals surface area (Å²) in [5, 5.41) is -0.301. The number of hydrogen-bond donors (Lipinski definition) is 1. The van der Waals surface area contributed by atoms with Crippen LogP contribution in [0.25, 0.3) is 11.3 Å². The minimum atomic E-state index is -4.29. The van der Waals surface area contributed by atoms with E-state index in [9.17, 15) is 17.6 Å². The molecule has 0 bridgehead atoms. The lowest BCUT2D eigenvalue weighted by Gasteiger charge is -2.16. The Balaban J connectivity index is 1.78. The van der Waals surface area contributed by atoms with Gasteiger partial charge in [0.25, 0.3) is 15.9 Å². The summed E-state index contributed by atoms with van der Waals surface area (Å²) >= 11 is 0. The number of rotatable bonds is 8. The highest BCUT2D eigenvalue weighted by Crippen LogP contribution is 2.33. The van der Waals surface area contributed by atoms with E-state index in [4.69, 9.17) is 9.47 Å². The van der Waals surface area contributed by atoms with E-state index in [1.54, 1.807) is 26.0 Å². The van der Waals surface area contributed by atoms with E-state index >= 15 is 0 Å². The van der Waals surface area contributed by atoms with Crippen molar-refractivity contribution in [3.63, 3.8) is 0 Å². The minimum absolute atomic E-state index is 0.152. The van der Waals surface area contributed by atoms with E-state index in [0.717, 1.165) is 16.7 Å². The molecule has 202 valence electrons. The Morgan fingerprint density at radius 1 is 0.949 bits per heavy atom. The van der Waals surface area contributed by atoms with Crippen LogP contribution in [0, 0.1) is 33.5 Å². The molecule has 0 saturated carbocycles. The highest BCUT2D eigenvalue weighted by molar-refractivity contribution is 7.90. The largest absolute Gasteiger partial charge is 0.494 e. The molecule has 1 amide bonds. The van der Waals surface area contributed by atoms with Gasteiger partial charge in [0.1, 0.15) is 22.9 Å². The maximum Gasteiger partial charge on any atom is 0.281 e. The second kappa shape index (κ2) is 11.2. The molecular weight excluding hydrogens is 521 g/mol. The number of ether oxygens (including phenoxy) is 2. The Labute approximate surface area is 226 Å². The van der Waals surface area contributed by atoms with Crippen molar-refractivity contribution in [2.24, 2.45) is 0 Å². The van der Waals surface area contributed by atoms with Crippen LogP contribution in [-0.4, -0.2) is 30.9 Å². The first-order chi connectivity index (χ1) is 18.5. The number of pyridine rings is 2. The molecular formula is C29H28FN3O5S. The first kappa shape index (κ1) is 27.7. The summed E-state index contributed by atoms with van der Waals surface area (Å²) < 4.78 is 54.2. The highest BCUT2D eigenvalue weighted by atomic mass is 32.2. The second-order valence-corrected chi connectivity index (χ2v) is 10.6. The van der Waals surface area contributed by atoms with Gasteiger partial charge in [0.15, 0.2) is 5.03 Å². The third kappa shape index (κ3) is 6.23. The van der Waals surface area contributed by atoms with Crippen molar-refractivity contribution in [1.82, 2.24) is 14.7 Å². The summed E-state index contributed by atoms with van der Waals surface area (Å²) in [7, 11) is -4.29. The van der Waals surface area contributed by atoms with Crippen molar-refractivity contribution < 1.29 is 27.1 Å². The Morgan fingerprint density at radius 3 is 2.31 bits per heavy atom. The number of hydrogen-bond acceptors (Lipinski definition) is 7. The van der Waals surface area contributed by atoms with Crippen LogP contribution < -0.4 is 14.2 Å². The molecule has 0 aliphatic rings. The number of nitrogens with one attached hydrogen (secondary N) is 1. The molecule has 2 heterocycles. The van der Waals surface area contributed by atoms with Crippen LogP contribution in [0.15, 0.2) is 65.7 Å². The highest BCUT2D eigenvalue weighted by Gasteiger charge is 2.25. The maximum atomic E-state index is 15.0. The van der Waals surface area contributed by atoms with Crippen LogP contribution in [0.5, 0.6) is 17.4 Å². The molecule has 0 radical (unpaired) electrons. The topological polar surface area (TPSA) is 107 Å². The van der Waals surface area contributed by atoms with Crippen LogP contribution in [-0.2, 0) is 10.0 Å². The predicted octanol–water partition coefficient (Wildman–Crippen LogP) is 5.83. The predicted molar refractivity (Wildman–Crippen MR) is 145 cm³/mol. The zero-order valence-electron chi connectivity index (χ0n) is 22.2. The number of halogens is 1. The van der Waals surface area contributed by atoms with Gasteiger partial charge in [-0.2, -0.15) is 8.42 Å². The molecule has 0 spiro atoms. The molecule has 39 heavy (non-hydrogen) atoms. The van der Waals surface area contributed by atoms with E-state index in [1.807, 2.05) is 37.6 Å². The Hall–Kier alpha value is -4.31. The summed E-state index contributed by atoms with van der Waals surface area (Å²) in [5.41, 5.74) is 3.26. The fraction of sp³-hybridized carbons (Fsp3) is 0.207. The van der Waals surface area contributed by atoms with E-state index < -0.39 is 21.7 Å².